The van der Waals surface area contributed by atoms with Crippen LogP contribution in [-0.4, -0.2) is 38.4 Å². The predicted molar refractivity (Wildman–Crippen MR) is 118 cm³/mol. The number of rotatable bonds is 7. The molecule has 1 aliphatic rings. The van der Waals surface area contributed by atoms with Gasteiger partial charge in [-0.15, -0.1) is 0 Å². The summed E-state index contributed by atoms with van der Waals surface area (Å²) in [6.07, 6.45) is 12.3. The van der Waals surface area contributed by atoms with Crippen LogP contribution in [0.5, 0.6) is 0 Å². The lowest BCUT2D eigenvalue weighted by Crippen LogP contribution is -2.33. The van der Waals surface area contributed by atoms with Crippen LogP contribution in [0.1, 0.15) is 60.6 Å². The van der Waals surface area contributed by atoms with Crippen molar-refractivity contribution in [2.24, 2.45) is 5.92 Å². The molecule has 3 aromatic heterocycles. The average Bonchev–Trinajstić information content (AvgIpc) is 2.84. The van der Waals surface area contributed by atoms with Crippen LogP contribution >= 0.6 is 0 Å². The molecule has 0 spiro atoms. The first-order valence-corrected chi connectivity index (χ1v) is 10.9. The van der Waals surface area contributed by atoms with Crippen molar-refractivity contribution < 1.29 is 14.3 Å². The number of nitrogens with zero attached hydrogens (tertiary/aromatic N) is 4. The zero-order valence-electron chi connectivity index (χ0n) is 18.1. The van der Waals surface area contributed by atoms with Crippen molar-refractivity contribution in [2.75, 3.05) is 7.11 Å². The van der Waals surface area contributed by atoms with E-state index >= 15 is 0 Å². The van der Waals surface area contributed by atoms with Crippen molar-refractivity contribution in [3.63, 3.8) is 0 Å². The molecule has 0 N–H and O–H groups in total. The summed E-state index contributed by atoms with van der Waals surface area (Å²) >= 11 is 0. The van der Waals surface area contributed by atoms with Crippen LogP contribution in [0.3, 0.4) is 0 Å². The second-order valence-electron chi connectivity index (χ2n) is 8.28. The van der Waals surface area contributed by atoms with E-state index in [9.17, 15) is 14.4 Å². The molecule has 0 bridgehead atoms. The van der Waals surface area contributed by atoms with E-state index in [0.717, 1.165) is 25.7 Å². The van der Waals surface area contributed by atoms with Crippen LogP contribution in [0.2, 0.25) is 0 Å². The van der Waals surface area contributed by atoms with E-state index in [-0.39, 0.29) is 17.8 Å². The van der Waals surface area contributed by atoms with Crippen LogP contribution in [0.15, 0.2) is 47.9 Å². The minimum Gasteiger partial charge on any atom is -0.465 e. The maximum Gasteiger partial charge on any atom is 0.339 e. The van der Waals surface area contributed by atoms with Gasteiger partial charge in [0, 0.05) is 24.3 Å². The lowest BCUT2D eigenvalue weighted by molar-refractivity contribution is -0.122. The zero-order valence-corrected chi connectivity index (χ0v) is 18.1. The SMILES string of the molecule is COC(=O)c1ccc(CC(=O)C(CC2CCCCC2)n2cnc3ccncc3c2=O)nc1. The number of Topliss-reactive ketones (excluding diaryl/α,β-unsaturated/α-hetero) is 1. The third kappa shape index (κ3) is 4.74. The summed E-state index contributed by atoms with van der Waals surface area (Å²) in [5.74, 6) is -0.183. The molecule has 1 unspecified atom stereocenters. The Hall–Kier alpha value is -3.42. The fourth-order valence-corrected chi connectivity index (χ4v) is 4.41. The van der Waals surface area contributed by atoms with Crippen LogP contribution < -0.4 is 5.56 Å². The zero-order chi connectivity index (χ0) is 22.5. The molecule has 32 heavy (non-hydrogen) atoms. The van der Waals surface area contributed by atoms with Crippen molar-refractivity contribution in [2.45, 2.75) is 51.0 Å². The molecule has 3 aromatic rings. The minimum absolute atomic E-state index is 0.0658. The molecule has 0 radical (unpaired) electrons. The highest BCUT2D eigenvalue weighted by Gasteiger charge is 2.27. The first-order valence-electron chi connectivity index (χ1n) is 10.9. The van der Waals surface area contributed by atoms with Crippen LogP contribution in [0, 0.1) is 5.92 Å². The summed E-state index contributed by atoms with van der Waals surface area (Å²) in [6, 6.07) is 4.30. The van der Waals surface area contributed by atoms with Gasteiger partial charge in [0.1, 0.15) is 0 Å². The van der Waals surface area contributed by atoms with Gasteiger partial charge in [0.15, 0.2) is 5.78 Å². The van der Waals surface area contributed by atoms with Gasteiger partial charge in [-0.25, -0.2) is 9.78 Å². The third-order valence-electron chi connectivity index (χ3n) is 6.17. The maximum atomic E-state index is 13.4. The molecule has 1 fully saturated rings. The lowest BCUT2D eigenvalue weighted by atomic mass is 9.83. The van der Waals surface area contributed by atoms with Gasteiger partial charge >= 0.3 is 5.97 Å². The number of carbonyl (C=O) groups is 2. The van der Waals surface area contributed by atoms with Gasteiger partial charge < -0.3 is 4.74 Å². The van der Waals surface area contributed by atoms with Crippen LogP contribution in [0.4, 0.5) is 0 Å². The van der Waals surface area contributed by atoms with Gasteiger partial charge in [-0.2, -0.15) is 0 Å². The lowest BCUT2D eigenvalue weighted by Gasteiger charge is -2.27. The summed E-state index contributed by atoms with van der Waals surface area (Å²) in [5, 5.41) is 0.400. The number of fused-ring (bicyclic) bond motifs is 1. The number of methoxy groups -OCH3 is 1. The van der Waals surface area contributed by atoms with Crippen LogP contribution in [0.25, 0.3) is 10.9 Å². The van der Waals surface area contributed by atoms with E-state index in [1.165, 1.54) is 36.8 Å². The number of ether oxygens (including phenoxy) is 1. The minimum atomic E-state index is -0.621. The third-order valence-corrected chi connectivity index (χ3v) is 6.17. The maximum absolute atomic E-state index is 13.4. The number of pyridine rings is 2. The Kier molecular flexibility index (Phi) is 6.68. The highest BCUT2D eigenvalue weighted by atomic mass is 16.5. The monoisotopic (exact) mass is 434 g/mol. The highest BCUT2D eigenvalue weighted by Crippen LogP contribution is 2.31. The second-order valence-corrected chi connectivity index (χ2v) is 8.28. The number of ketones is 1. The topological polar surface area (TPSA) is 104 Å². The molecular formula is C24H26N4O4. The van der Waals surface area contributed by atoms with E-state index in [4.69, 9.17) is 4.74 Å². The van der Waals surface area contributed by atoms with Gasteiger partial charge in [-0.3, -0.25) is 24.1 Å². The Labute approximate surface area is 185 Å². The van der Waals surface area contributed by atoms with Crippen molar-refractivity contribution >= 4 is 22.7 Å². The summed E-state index contributed by atoms with van der Waals surface area (Å²) in [7, 11) is 1.31. The van der Waals surface area contributed by atoms with Crippen molar-refractivity contribution in [3.05, 3.63) is 64.7 Å². The Morgan fingerprint density at radius 1 is 1.12 bits per heavy atom. The van der Waals surface area contributed by atoms with Crippen molar-refractivity contribution in [1.29, 1.82) is 0 Å². The smallest absolute Gasteiger partial charge is 0.339 e. The average molecular weight is 434 g/mol. The largest absolute Gasteiger partial charge is 0.465 e. The van der Waals surface area contributed by atoms with E-state index in [2.05, 4.69) is 15.0 Å². The predicted octanol–water partition coefficient (Wildman–Crippen LogP) is 3.30. The van der Waals surface area contributed by atoms with Gasteiger partial charge in [-0.05, 0) is 30.5 Å². The molecule has 0 aromatic carbocycles. The van der Waals surface area contributed by atoms with E-state index in [0.29, 0.717) is 34.5 Å². The molecule has 0 saturated heterocycles. The van der Waals surface area contributed by atoms with Gasteiger partial charge in [0.2, 0.25) is 0 Å². The van der Waals surface area contributed by atoms with Gasteiger partial charge in [-0.1, -0.05) is 32.1 Å². The first kappa shape index (κ1) is 21.8. The summed E-state index contributed by atoms with van der Waals surface area (Å²) in [6.45, 7) is 0. The fourth-order valence-electron chi connectivity index (χ4n) is 4.41. The second kappa shape index (κ2) is 9.80. The molecule has 3 heterocycles. The van der Waals surface area contributed by atoms with Crippen molar-refractivity contribution in [3.8, 4) is 0 Å². The van der Waals surface area contributed by atoms with Gasteiger partial charge in [0.25, 0.3) is 5.56 Å². The normalized spacial score (nSPS) is 15.4. The standard InChI is InChI=1S/C24H26N4O4/c1-32-24(31)17-7-8-18(26-13-17)12-22(29)21(11-16-5-3-2-4-6-16)28-15-27-20-9-10-25-14-19(20)23(28)30/h7-10,13-16,21H,2-6,11-12H2,1H3. The number of esters is 1. The number of hydrogen-bond donors (Lipinski definition) is 0. The Morgan fingerprint density at radius 2 is 1.94 bits per heavy atom. The van der Waals surface area contributed by atoms with Gasteiger partial charge in [0.05, 0.1) is 42.4 Å². The summed E-state index contributed by atoms with van der Waals surface area (Å²) in [5.41, 5.74) is 1.17. The molecule has 1 saturated carbocycles. The number of aromatic nitrogens is 4. The fraction of sp³-hybridized carbons (Fsp3) is 0.417. The molecule has 0 aliphatic heterocycles. The van der Waals surface area contributed by atoms with E-state index in [1.54, 1.807) is 24.4 Å². The molecule has 8 heteroatoms. The number of carbonyl (C=O) groups excluding carboxylic acids is 2. The molecule has 8 nitrogen and oxygen atoms in total. The molecule has 0 amide bonds. The summed E-state index contributed by atoms with van der Waals surface area (Å²) < 4.78 is 6.15. The Balaban J connectivity index is 1.63. The molecule has 166 valence electrons. The van der Waals surface area contributed by atoms with E-state index in [1.807, 2.05) is 0 Å². The molecule has 4 rings (SSSR count). The summed E-state index contributed by atoms with van der Waals surface area (Å²) in [4.78, 5) is 50.9. The Bertz CT molecular complexity index is 1170. The van der Waals surface area contributed by atoms with E-state index < -0.39 is 12.0 Å². The Morgan fingerprint density at radius 3 is 2.66 bits per heavy atom. The highest BCUT2D eigenvalue weighted by molar-refractivity contribution is 5.89. The quantitative estimate of drug-likeness (QED) is 0.526. The number of hydrogen-bond acceptors (Lipinski definition) is 7. The molecule has 1 atom stereocenters. The molecular weight excluding hydrogens is 408 g/mol. The first-order chi connectivity index (χ1) is 15.6. The molecule has 1 aliphatic carbocycles. The van der Waals surface area contributed by atoms with Crippen molar-refractivity contribution in [1.82, 2.24) is 19.5 Å². The van der Waals surface area contributed by atoms with Crippen LogP contribution in [-0.2, 0) is 16.0 Å².